The molecule has 1 aliphatic heterocycles. The van der Waals surface area contributed by atoms with Crippen LogP contribution in [-0.2, 0) is 11.2 Å². The van der Waals surface area contributed by atoms with Gasteiger partial charge in [0.25, 0.3) is 5.91 Å². The van der Waals surface area contributed by atoms with Gasteiger partial charge in [-0.2, -0.15) is 0 Å². The Morgan fingerprint density at radius 2 is 1.75 bits per heavy atom. The molecule has 3 aromatic rings. The SMILES string of the molecule is COc1ccc(CC#Cc2ccc3c(c2)C(=O)C(=Cc2ccc(Cl)c(Cl)c2)C(=O)N3)cc1. The predicted molar refractivity (Wildman–Crippen MR) is 127 cm³/mol. The van der Waals surface area contributed by atoms with Gasteiger partial charge in [-0.25, -0.2) is 0 Å². The molecule has 0 saturated heterocycles. The van der Waals surface area contributed by atoms with Crippen LogP contribution in [0.15, 0.2) is 66.2 Å². The normalized spacial score (nSPS) is 13.8. The number of rotatable bonds is 3. The van der Waals surface area contributed by atoms with Crippen molar-refractivity contribution in [1.29, 1.82) is 0 Å². The summed E-state index contributed by atoms with van der Waals surface area (Å²) < 4.78 is 5.16. The molecule has 4 rings (SSSR count). The summed E-state index contributed by atoms with van der Waals surface area (Å²) >= 11 is 12.0. The van der Waals surface area contributed by atoms with Gasteiger partial charge in [0.1, 0.15) is 5.75 Å². The monoisotopic (exact) mass is 461 g/mol. The number of hydrogen-bond acceptors (Lipinski definition) is 3. The van der Waals surface area contributed by atoms with E-state index in [0.29, 0.717) is 38.8 Å². The number of ether oxygens (including phenoxy) is 1. The first-order chi connectivity index (χ1) is 15.4. The van der Waals surface area contributed by atoms with Crippen molar-refractivity contribution in [3.63, 3.8) is 0 Å². The molecule has 1 N–H and O–H groups in total. The lowest BCUT2D eigenvalue weighted by Gasteiger charge is -2.18. The Morgan fingerprint density at radius 3 is 2.47 bits per heavy atom. The highest BCUT2D eigenvalue weighted by atomic mass is 35.5. The Hall–Kier alpha value is -3.52. The average Bonchev–Trinajstić information content (AvgIpc) is 2.80. The number of halogens is 2. The summed E-state index contributed by atoms with van der Waals surface area (Å²) in [7, 11) is 1.62. The lowest BCUT2D eigenvalue weighted by Crippen LogP contribution is -2.27. The fourth-order valence-electron chi connectivity index (χ4n) is 3.25. The summed E-state index contributed by atoms with van der Waals surface area (Å²) in [6.45, 7) is 0. The highest BCUT2D eigenvalue weighted by Crippen LogP contribution is 2.29. The molecular weight excluding hydrogens is 445 g/mol. The molecule has 158 valence electrons. The average molecular weight is 462 g/mol. The van der Waals surface area contributed by atoms with E-state index in [1.807, 2.05) is 24.3 Å². The van der Waals surface area contributed by atoms with Crippen LogP contribution >= 0.6 is 23.2 Å². The van der Waals surface area contributed by atoms with Crippen molar-refractivity contribution in [1.82, 2.24) is 0 Å². The maximum absolute atomic E-state index is 13.0. The molecule has 0 spiro atoms. The van der Waals surface area contributed by atoms with Crippen molar-refractivity contribution in [2.75, 3.05) is 12.4 Å². The van der Waals surface area contributed by atoms with Crippen LogP contribution in [0.3, 0.4) is 0 Å². The third-order valence-electron chi connectivity index (χ3n) is 4.94. The number of carbonyl (C=O) groups excluding carboxylic acids is 2. The molecule has 0 bridgehead atoms. The van der Waals surface area contributed by atoms with Crippen molar-refractivity contribution in [2.45, 2.75) is 6.42 Å². The van der Waals surface area contributed by atoms with Crippen LogP contribution in [0.2, 0.25) is 10.0 Å². The summed E-state index contributed by atoms with van der Waals surface area (Å²) in [5, 5.41) is 3.51. The Labute approximate surface area is 195 Å². The minimum atomic E-state index is -0.466. The fourth-order valence-corrected chi connectivity index (χ4v) is 3.55. The number of carbonyl (C=O) groups is 2. The number of anilines is 1. The highest BCUT2D eigenvalue weighted by molar-refractivity contribution is 6.42. The molecule has 6 heteroatoms. The Morgan fingerprint density at radius 1 is 0.969 bits per heavy atom. The summed E-state index contributed by atoms with van der Waals surface area (Å²) in [6, 6.07) is 17.8. The van der Waals surface area contributed by atoms with Crippen molar-refractivity contribution in [2.24, 2.45) is 0 Å². The van der Waals surface area contributed by atoms with Gasteiger partial charge in [-0.1, -0.05) is 53.2 Å². The first kappa shape index (κ1) is 21.7. The summed E-state index contributed by atoms with van der Waals surface area (Å²) in [6.07, 6.45) is 2.07. The van der Waals surface area contributed by atoms with Gasteiger partial charge in [0.2, 0.25) is 5.78 Å². The first-order valence-electron chi connectivity index (χ1n) is 9.73. The number of hydrogen-bond donors (Lipinski definition) is 1. The van der Waals surface area contributed by atoms with Crippen molar-refractivity contribution >= 4 is 46.7 Å². The minimum absolute atomic E-state index is 0.0271. The van der Waals surface area contributed by atoms with Crippen LogP contribution in [0.1, 0.15) is 27.0 Å². The number of fused-ring (bicyclic) bond motifs is 1. The van der Waals surface area contributed by atoms with E-state index in [0.717, 1.165) is 11.3 Å². The highest BCUT2D eigenvalue weighted by Gasteiger charge is 2.28. The fraction of sp³-hybridized carbons (Fsp3) is 0.0769. The van der Waals surface area contributed by atoms with Gasteiger partial charge < -0.3 is 10.1 Å². The second kappa shape index (κ2) is 9.32. The zero-order valence-electron chi connectivity index (χ0n) is 17.0. The van der Waals surface area contributed by atoms with Gasteiger partial charge in [0.15, 0.2) is 0 Å². The lowest BCUT2D eigenvalue weighted by atomic mass is 9.94. The molecule has 0 fully saturated rings. The van der Waals surface area contributed by atoms with E-state index in [-0.39, 0.29) is 11.4 Å². The topological polar surface area (TPSA) is 55.4 Å². The minimum Gasteiger partial charge on any atom is -0.497 e. The molecule has 4 nitrogen and oxygen atoms in total. The standard InChI is InChI=1S/C26H17Cl2NO3/c1-32-19-9-5-16(6-10-19)3-2-4-17-8-12-24-20(13-17)25(30)21(26(31)29-24)14-18-7-11-22(27)23(28)15-18/h5-15H,3H2,1H3,(H,29,31). The maximum atomic E-state index is 13.0. The number of amides is 1. The molecule has 0 aliphatic carbocycles. The van der Waals surface area contributed by atoms with Gasteiger partial charge in [-0.15, -0.1) is 0 Å². The van der Waals surface area contributed by atoms with Crippen LogP contribution in [0, 0.1) is 11.8 Å². The molecule has 0 radical (unpaired) electrons. The summed E-state index contributed by atoms with van der Waals surface area (Å²) in [5.74, 6) is 6.16. The van der Waals surface area contributed by atoms with E-state index in [9.17, 15) is 9.59 Å². The van der Waals surface area contributed by atoms with E-state index in [4.69, 9.17) is 27.9 Å². The Bertz CT molecular complexity index is 1320. The molecule has 0 unspecified atom stereocenters. The molecule has 1 amide bonds. The summed E-state index contributed by atoms with van der Waals surface area (Å²) in [4.78, 5) is 25.5. The zero-order valence-corrected chi connectivity index (χ0v) is 18.6. The second-order valence-corrected chi connectivity index (χ2v) is 7.92. The zero-order chi connectivity index (χ0) is 22.7. The number of methoxy groups -OCH3 is 1. The number of ketones is 1. The molecule has 0 atom stereocenters. The van der Waals surface area contributed by atoms with Crippen molar-refractivity contribution in [3.05, 3.63) is 98.5 Å². The van der Waals surface area contributed by atoms with E-state index in [1.165, 1.54) is 6.08 Å². The number of Topliss-reactive ketones (excluding diaryl/α,β-unsaturated/α-hetero) is 1. The van der Waals surface area contributed by atoms with Gasteiger partial charge in [0.05, 0.1) is 28.4 Å². The van der Waals surface area contributed by atoms with Crippen LogP contribution in [0.4, 0.5) is 5.69 Å². The number of benzene rings is 3. The maximum Gasteiger partial charge on any atom is 0.259 e. The third-order valence-corrected chi connectivity index (χ3v) is 5.68. The van der Waals surface area contributed by atoms with Crippen LogP contribution < -0.4 is 10.1 Å². The van der Waals surface area contributed by atoms with E-state index >= 15 is 0 Å². The quantitative estimate of drug-likeness (QED) is 0.304. The molecule has 3 aromatic carbocycles. The number of nitrogens with one attached hydrogen (secondary N) is 1. The van der Waals surface area contributed by atoms with Gasteiger partial charge in [-0.05, 0) is 59.7 Å². The van der Waals surface area contributed by atoms with Crippen molar-refractivity contribution in [3.8, 4) is 17.6 Å². The lowest BCUT2D eigenvalue weighted by molar-refractivity contribution is -0.112. The summed E-state index contributed by atoms with van der Waals surface area (Å²) in [5.41, 5.74) is 3.25. The largest absolute Gasteiger partial charge is 0.497 e. The van der Waals surface area contributed by atoms with Gasteiger partial charge in [0, 0.05) is 17.5 Å². The van der Waals surface area contributed by atoms with Crippen LogP contribution in [-0.4, -0.2) is 18.8 Å². The van der Waals surface area contributed by atoms with E-state index < -0.39 is 5.91 Å². The van der Waals surface area contributed by atoms with E-state index in [2.05, 4.69) is 17.2 Å². The Balaban J connectivity index is 1.58. The van der Waals surface area contributed by atoms with Crippen molar-refractivity contribution < 1.29 is 14.3 Å². The smallest absolute Gasteiger partial charge is 0.259 e. The molecule has 0 aromatic heterocycles. The first-order valence-corrected chi connectivity index (χ1v) is 10.5. The predicted octanol–water partition coefficient (Wildman–Crippen LogP) is 5.81. The van der Waals surface area contributed by atoms with Crippen LogP contribution in [0.5, 0.6) is 5.75 Å². The third kappa shape index (κ3) is 4.70. The molecule has 0 saturated carbocycles. The molecule has 1 aliphatic rings. The Kier molecular flexibility index (Phi) is 6.32. The second-order valence-electron chi connectivity index (χ2n) is 7.10. The van der Waals surface area contributed by atoms with E-state index in [1.54, 1.807) is 43.5 Å². The van der Waals surface area contributed by atoms with Crippen LogP contribution in [0.25, 0.3) is 6.08 Å². The van der Waals surface area contributed by atoms with Gasteiger partial charge in [-0.3, -0.25) is 9.59 Å². The molecular formula is C26H17Cl2NO3. The molecule has 1 heterocycles. The molecule has 32 heavy (non-hydrogen) atoms. The van der Waals surface area contributed by atoms with Gasteiger partial charge >= 0.3 is 0 Å².